The molecule has 0 nitrogen and oxygen atoms in total. The molecule has 244 valence electrons. The van der Waals surface area contributed by atoms with E-state index < -0.39 is 8.07 Å². The molecule has 0 unspecified atom stereocenters. The van der Waals surface area contributed by atoms with Gasteiger partial charge in [-0.05, 0) is 35.4 Å². The number of rotatable bonds is 6. The first-order valence-corrected chi connectivity index (χ1v) is 18.7. The molecule has 0 heterocycles. The maximum atomic E-state index is 6.64. The number of hydrogen-bond donors (Lipinski definition) is 0. The van der Waals surface area contributed by atoms with E-state index in [-0.39, 0.29) is 51.0 Å². The Balaban J connectivity index is 0.00000162. The van der Waals surface area contributed by atoms with Crippen molar-refractivity contribution in [2.45, 2.75) is 13.8 Å². The molecule has 0 amide bonds. The molecule has 50 heavy (non-hydrogen) atoms. The molecule has 0 aliphatic rings. The molecule has 6 heteroatoms. The van der Waals surface area contributed by atoms with Crippen molar-refractivity contribution < 1.29 is 51.0 Å². The Kier molecular flexibility index (Phi) is 11.9. The van der Waals surface area contributed by atoms with E-state index in [4.69, 9.17) is 23.2 Å². The van der Waals surface area contributed by atoms with Crippen LogP contribution in [-0.2, 0) is 26.2 Å². The summed E-state index contributed by atoms with van der Waals surface area (Å²) in [6.07, 6.45) is 0. The smallest absolute Gasteiger partial charge is 1.00 e. The standard InChI is InChI=1S/C44H32Cl2Si.2ClH.Zr/c1-29-27-33-15-9-17-39(31-11-5-3-6-12-31)41(33)43(29)47(37-23-19-35(45)20-24-37,38-25-21-36(46)22-26-38)44-30(2)28-34-16-10-18-40(42(34)44)32-13-7-4-8-14-32;;;/h3-28H,1-2H3;2*1H;/q-2;;;+4/p-2. The van der Waals surface area contributed by atoms with Crippen LogP contribution in [0.3, 0.4) is 0 Å². The van der Waals surface area contributed by atoms with Crippen molar-refractivity contribution in [2.24, 2.45) is 0 Å². The normalized spacial score (nSPS) is 11.1. The van der Waals surface area contributed by atoms with E-state index in [0.29, 0.717) is 0 Å². The van der Waals surface area contributed by atoms with Crippen molar-refractivity contribution in [3.05, 3.63) is 179 Å². The summed E-state index contributed by atoms with van der Waals surface area (Å²) in [4.78, 5) is 0. The second kappa shape index (κ2) is 15.6. The summed E-state index contributed by atoms with van der Waals surface area (Å²) in [5.74, 6) is 0. The third-order valence-electron chi connectivity index (χ3n) is 9.70. The molecule has 0 fully saturated rings. The van der Waals surface area contributed by atoms with Crippen LogP contribution in [0.15, 0.2) is 158 Å². The number of aryl methyl sites for hydroxylation is 2. The van der Waals surface area contributed by atoms with Crippen LogP contribution in [0.2, 0.25) is 10.0 Å². The number of hydrogen-bond acceptors (Lipinski definition) is 0. The van der Waals surface area contributed by atoms with Crippen LogP contribution >= 0.6 is 23.2 Å². The molecular formula is C44H32Cl4SiZr. The zero-order chi connectivity index (χ0) is 32.1. The monoisotopic (exact) mass is 818 g/mol. The molecule has 8 aromatic carbocycles. The zero-order valence-corrected chi connectivity index (χ0v) is 34.0. The summed E-state index contributed by atoms with van der Waals surface area (Å²) in [6.45, 7) is 4.60. The molecule has 0 aromatic heterocycles. The molecular weight excluding hydrogens is 790 g/mol. The van der Waals surface area contributed by atoms with Gasteiger partial charge in [-0.3, -0.25) is 0 Å². The Morgan fingerprint density at radius 2 is 0.800 bits per heavy atom. The van der Waals surface area contributed by atoms with E-state index in [2.05, 4.69) is 172 Å². The van der Waals surface area contributed by atoms with Crippen LogP contribution in [0.5, 0.6) is 0 Å². The van der Waals surface area contributed by atoms with Gasteiger partial charge in [0.25, 0.3) is 0 Å². The Labute approximate surface area is 336 Å². The first kappa shape index (κ1) is 38.0. The van der Waals surface area contributed by atoms with Crippen molar-refractivity contribution in [1.29, 1.82) is 0 Å². The van der Waals surface area contributed by atoms with Crippen LogP contribution in [0.1, 0.15) is 11.1 Å². The summed E-state index contributed by atoms with van der Waals surface area (Å²) in [6, 6.07) is 57.2. The average Bonchev–Trinajstić information content (AvgIpc) is 3.63. The molecule has 8 rings (SSSR count). The predicted octanol–water partition coefficient (Wildman–Crippen LogP) is 4.07. The third kappa shape index (κ3) is 6.30. The summed E-state index contributed by atoms with van der Waals surface area (Å²) in [7, 11) is -3.11. The van der Waals surface area contributed by atoms with E-state index in [1.165, 1.54) is 75.7 Å². The maximum absolute atomic E-state index is 6.64. The van der Waals surface area contributed by atoms with Gasteiger partial charge >= 0.3 is 26.2 Å². The van der Waals surface area contributed by atoms with Gasteiger partial charge in [0.2, 0.25) is 0 Å². The minimum atomic E-state index is -3.11. The second-order valence-corrected chi connectivity index (χ2v) is 17.0. The first-order chi connectivity index (χ1) is 23.0. The fourth-order valence-electron chi connectivity index (χ4n) is 7.90. The molecule has 0 saturated carbocycles. The summed E-state index contributed by atoms with van der Waals surface area (Å²) in [5, 5.41) is 12.0. The molecule has 8 aromatic rings. The quantitative estimate of drug-likeness (QED) is 0.176. The van der Waals surface area contributed by atoms with Gasteiger partial charge in [0, 0.05) is 10.0 Å². The molecule has 0 N–H and O–H groups in total. The van der Waals surface area contributed by atoms with E-state index in [0.717, 1.165) is 10.0 Å². The van der Waals surface area contributed by atoms with Gasteiger partial charge in [0.05, 0.1) is 8.07 Å². The maximum Gasteiger partial charge on any atom is 4.00 e. The molecule has 0 radical (unpaired) electrons. The van der Waals surface area contributed by atoms with Gasteiger partial charge in [-0.25, -0.2) is 0 Å². The zero-order valence-electron chi connectivity index (χ0n) is 27.5. The number of benzene rings is 6. The minimum Gasteiger partial charge on any atom is -1.00 e. The van der Waals surface area contributed by atoms with Crippen LogP contribution in [0.25, 0.3) is 43.8 Å². The van der Waals surface area contributed by atoms with E-state index >= 15 is 0 Å². The van der Waals surface area contributed by atoms with Crippen LogP contribution < -0.4 is 45.6 Å². The average molecular weight is 822 g/mol. The van der Waals surface area contributed by atoms with Gasteiger partial charge in [-0.15, -0.1) is 79.4 Å². The van der Waals surface area contributed by atoms with Crippen molar-refractivity contribution in [3.8, 4) is 22.3 Å². The third-order valence-corrected chi connectivity index (χ3v) is 15.4. The Morgan fingerprint density at radius 3 is 1.16 bits per heavy atom. The van der Waals surface area contributed by atoms with Crippen LogP contribution in [0.4, 0.5) is 0 Å². The van der Waals surface area contributed by atoms with Crippen LogP contribution in [0, 0.1) is 13.8 Å². The Bertz CT molecular complexity index is 2210. The topological polar surface area (TPSA) is 0 Å². The van der Waals surface area contributed by atoms with E-state index in [1.807, 2.05) is 0 Å². The Morgan fingerprint density at radius 1 is 0.440 bits per heavy atom. The van der Waals surface area contributed by atoms with Crippen molar-refractivity contribution in [3.63, 3.8) is 0 Å². The van der Waals surface area contributed by atoms with Crippen molar-refractivity contribution in [2.75, 3.05) is 0 Å². The first-order valence-electron chi connectivity index (χ1n) is 16.0. The predicted molar refractivity (Wildman–Crippen MR) is 207 cm³/mol. The Hall–Kier alpha value is -3.20. The summed E-state index contributed by atoms with van der Waals surface area (Å²) >= 11 is 13.3. The molecule has 0 saturated heterocycles. The number of fused-ring (bicyclic) bond motifs is 2. The second-order valence-electron chi connectivity index (χ2n) is 12.4. The van der Waals surface area contributed by atoms with Gasteiger partial charge in [-0.1, -0.05) is 156 Å². The van der Waals surface area contributed by atoms with Crippen LogP contribution in [-0.4, -0.2) is 8.07 Å². The fraction of sp³-hybridized carbons (Fsp3) is 0.0455. The summed E-state index contributed by atoms with van der Waals surface area (Å²) in [5.41, 5.74) is 7.53. The fourth-order valence-corrected chi connectivity index (χ4v) is 13.9. The molecule has 0 bridgehead atoms. The van der Waals surface area contributed by atoms with Gasteiger partial charge < -0.3 is 24.8 Å². The van der Waals surface area contributed by atoms with Crippen molar-refractivity contribution >= 4 is 73.6 Å². The molecule has 0 spiro atoms. The van der Waals surface area contributed by atoms with E-state index in [1.54, 1.807) is 0 Å². The molecule has 0 atom stereocenters. The largest absolute Gasteiger partial charge is 4.00 e. The van der Waals surface area contributed by atoms with E-state index in [9.17, 15) is 0 Å². The SMILES string of the molecule is Cc1[cH-]c2cccc(-c3ccccc3)c2c1[Si](c1ccc(Cl)cc1)(c1ccc(Cl)cc1)c1c(C)[cH-]c2cccc(-c3ccccc3)c12.[Cl-].[Cl-].[Zr+4]. The molecule has 0 aliphatic heterocycles. The summed E-state index contributed by atoms with van der Waals surface area (Å²) < 4.78 is 0. The van der Waals surface area contributed by atoms with Gasteiger partial charge in [0.1, 0.15) is 0 Å². The molecule has 0 aliphatic carbocycles. The van der Waals surface area contributed by atoms with Gasteiger partial charge in [-0.2, -0.15) is 0 Å². The van der Waals surface area contributed by atoms with Crippen molar-refractivity contribution in [1.82, 2.24) is 0 Å². The number of halogens is 4. The van der Waals surface area contributed by atoms with Gasteiger partial charge in [0.15, 0.2) is 0 Å². The minimum absolute atomic E-state index is 0.